The van der Waals surface area contributed by atoms with Gasteiger partial charge in [0.25, 0.3) is 0 Å². The molecule has 3 saturated heterocycles. The van der Waals surface area contributed by atoms with E-state index in [1.165, 1.54) is 5.69 Å². The van der Waals surface area contributed by atoms with Crippen molar-refractivity contribution in [2.75, 3.05) is 32.5 Å². The lowest BCUT2D eigenvalue weighted by Gasteiger charge is -2.49. The molecule has 0 amide bonds. The van der Waals surface area contributed by atoms with Gasteiger partial charge in [-0.2, -0.15) is 5.10 Å². The van der Waals surface area contributed by atoms with Crippen molar-refractivity contribution in [3.8, 4) is 17.0 Å². The average Bonchev–Trinajstić information content (AvgIpc) is 3.14. The molecular formula is C22H32N4O3S. The van der Waals surface area contributed by atoms with Gasteiger partial charge in [0.2, 0.25) is 10.0 Å². The largest absolute Gasteiger partial charge is 0.496 e. The summed E-state index contributed by atoms with van der Waals surface area (Å²) in [5.74, 6) is 2.00. The van der Waals surface area contributed by atoms with Crippen LogP contribution in [0, 0.1) is 5.92 Å². The van der Waals surface area contributed by atoms with Gasteiger partial charge in [0.05, 0.1) is 18.6 Å². The van der Waals surface area contributed by atoms with Gasteiger partial charge in [0.1, 0.15) is 5.75 Å². The predicted molar refractivity (Wildman–Crippen MR) is 118 cm³/mol. The van der Waals surface area contributed by atoms with E-state index in [0.29, 0.717) is 24.8 Å². The zero-order chi connectivity index (χ0) is 21.3. The Morgan fingerprint density at radius 3 is 2.80 bits per heavy atom. The number of hydrogen-bond acceptors (Lipinski definition) is 5. The summed E-state index contributed by atoms with van der Waals surface area (Å²) in [6.07, 6.45) is 2.82. The molecule has 0 saturated carbocycles. The first kappa shape index (κ1) is 21.3. The summed E-state index contributed by atoms with van der Waals surface area (Å²) in [7, 11) is 0.545. The topological polar surface area (TPSA) is 76.5 Å². The Balaban J connectivity index is 1.49. The maximum atomic E-state index is 12.0. The van der Waals surface area contributed by atoms with E-state index in [4.69, 9.17) is 9.84 Å². The van der Waals surface area contributed by atoms with Gasteiger partial charge in [0, 0.05) is 43.4 Å². The third kappa shape index (κ3) is 4.26. The van der Waals surface area contributed by atoms with E-state index in [1.54, 1.807) is 7.11 Å². The van der Waals surface area contributed by atoms with Crippen LogP contribution in [0.1, 0.15) is 37.8 Å². The Hall–Kier alpha value is -1.90. The number of ether oxygens (including phenoxy) is 1. The van der Waals surface area contributed by atoms with Crippen LogP contribution in [0.2, 0.25) is 0 Å². The standard InChI is InChI=1S/C22H32N4O3S/c1-4-11-30(27,28)23-14-17-12-16-9-10-26(17)15-19(16)21-13-20(24-25(21)2)18-7-5-6-8-22(18)29-3/h5-8,13,16-17,19,23H,4,9-12,14-15H2,1-3H3. The number of aryl methyl sites for hydroxylation is 1. The van der Waals surface area contributed by atoms with Crippen molar-refractivity contribution in [3.05, 3.63) is 36.0 Å². The molecule has 4 heterocycles. The average molecular weight is 433 g/mol. The smallest absolute Gasteiger partial charge is 0.211 e. The molecule has 7 nitrogen and oxygen atoms in total. The minimum Gasteiger partial charge on any atom is -0.496 e. The molecule has 0 spiro atoms. The molecule has 1 aromatic heterocycles. The summed E-state index contributed by atoms with van der Waals surface area (Å²) < 4.78 is 34.4. The number of nitrogens with one attached hydrogen (secondary N) is 1. The number of piperidine rings is 3. The van der Waals surface area contributed by atoms with Gasteiger partial charge in [-0.25, -0.2) is 13.1 Å². The summed E-state index contributed by atoms with van der Waals surface area (Å²) in [4.78, 5) is 2.45. The summed E-state index contributed by atoms with van der Waals surface area (Å²) in [5.41, 5.74) is 3.19. The molecule has 164 valence electrons. The molecule has 3 fully saturated rings. The first-order chi connectivity index (χ1) is 14.4. The van der Waals surface area contributed by atoms with E-state index in [-0.39, 0.29) is 11.8 Å². The third-order valence-electron chi connectivity index (χ3n) is 6.57. The summed E-state index contributed by atoms with van der Waals surface area (Å²) in [6.45, 7) is 4.40. The molecule has 2 bridgehead atoms. The monoisotopic (exact) mass is 432 g/mol. The lowest BCUT2D eigenvalue weighted by atomic mass is 9.74. The Morgan fingerprint density at radius 2 is 2.10 bits per heavy atom. The highest BCUT2D eigenvalue weighted by Gasteiger charge is 2.42. The number of methoxy groups -OCH3 is 1. The van der Waals surface area contributed by atoms with Crippen LogP contribution < -0.4 is 9.46 Å². The normalized spacial score (nSPS) is 26.1. The van der Waals surface area contributed by atoms with E-state index < -0.39 is 10.0 Å². The van der Waals surface area contributed by atoms with E-state index in [1.807, 2.05) is 42.9 Å². The number of sulfonamides is 1. The van der Waals surface area contributed by atoms with Crippen LogP contribution in [-0.4, -0.2) is 61.6 Å². The van der Waals surface area contributed by atoms with Crippen molar-refractivity contribution in [1.82, 2.24) is 19.4 Å². The van der Waals surface area contributed by atoms with Crippen LogP contribution in [0.25, 0.3) is 11.3 Å². The summed E-state index contributed by atoms with van der Waals surface area (Å²) >= 11 is 0. The minimum atomic E-state index is -3.16. The number of hydrogen-bond donors (Lipinski definition) is 1. The SMILES string of the molecule is CCCS(=O)(=O)NCC1CC2CCN1CC2c1cc(-c2ccccc2OC)nn1C. The number of aromatic nitrogens is 2. The molecule has 8 heteroatoms. The fourth-order valence-electron chi connectivity index (χ4n) is 5.07. The Bertz CT molecular complexity index is 988. The second-order valence-electron chi connectivity index (χ2n) is 8.49. The quantitative estimate of drug-likeness (QED) is 0.694. The van der Waals surface area contributed by atoms with Crippen LogP contribution in [0.5, 0.6) is 5.75 Å². The second-order valence-corrected chi connectivity index (χ2v) is 10.4. The maximum Gasteiger partial charge on any atom is 0.211 e. The lowest BCUT2D eigenvalue weighted by molar-refractivity contribution is 0.0306. The van der Waals surface area contributed by atoms with E-state index >= 15 is 0 Å². The fourth-order valence-corrected chi connectivity index (χ4v) is 6.19. The first-order valence-electron chi connectivity index (χ1n) is 10.8. The van der Waals surface area contributed by atoms with Crippen molar-refractivity contribution in [2.45, 2.75) is 38.1 Å². The highest BCUT2D eigenvalue weighted by molar-refractivity contribution is 7.89. The van der Waals surface area contributed by atoms with E-state index in [2.05, 4.69) is 15.7 Å². The number of nitrogens with zero attached hydrogens (tertiary/aromatic N) is 3. The van der Waals surface area contributed by atoms with Gasteiger partial charge >= 0.3 is 0 Å². The number of benzene rings is 1. The minimum absolute atomic E-state index is 0.201. The van der Waals surface area contributed by atoms with Crippen molar-refractivity contribution < 1.29 is 13.2 Å². The maximum absolute atomic E-state index is 12.0. The number of fused-ring (bicyclic) bond motifs is 3. The van der Waals surface area contributed by atoms with Gasteiger partial charge in [-0.15, -0.1) is 0 Å². The molecule has 30 heavy (non-hydrogen) atoms. The molecule has 3 aliphatic rings. The highest BCUT2D eigenvalue weighted by Crippen LogP contribution is 2.42. The molecule has 0 aliphatic carbocycles. The van der Waals surface area contributed by atoms with Gasteiger partial charge in [0.15, 0.2) is 0 Å². The molecule has 1 N–H and O–H groups in total. The van der Waals surface area contributed by atoms with Crippen LogP contribution in [-0.2, 0) is 17.1 Å². The number of para-hydroxylation sites is 1. The van der Waals surface area contributed by atoms with Crippen molar-refractivity contribution in [3.63, 3.8) is 0 Å². The first-order valence-corrected chi connectivity index (χ1v) is 12.5. The molecule has 4 unspecified atom stereocenters. The summed E-state index contributed by atoms with van der Waals surface area (Å²) in [5, 5.41) is 4.78. The molecule has 5 rings (SSSR count). The van der Waals surface area contributed by atoms with Crippen LogP contribution in [0.4, 0.5) is 0 Å². The van der Waals surface area contributed by atoms with Crippen molar-refractivity contribution in [2.24, 2.45) is 13.0 Å². The third-order valence-corrected chi connectivity index (χ3v) is 8.12. The summed E-state index contributed by atoms with van der Waals surface area (Å²) in [6, 6.07) is 10.5. The molecule has 2 aromatic rings. The molecule has 4 atom stereocenters. The highest BCUT2D eigenvalue weighted by atomic mass is 32.2. The van der Waals surface area contributed by atoms with Crippen LogP contribution in [0.3, 0.4) is 0 Å². The van der Waals surface area contributed by atoms with Gasteiger partial charge in [-0.3, -0.25) is 9.58 Å². The van der Waals surface area contributed by atoms with E-state index in [0.717, 1.165) is 42.9 Å². The van der Waals surface area contributed by atoms with Gasteiger partial charge in [-0.05, 0) is 49.9 Å². The predicted octanol–water partition coefficient (Wildman–Crippen LogP) is 2.60. The fraction of sp³-hybridized carbons (Fsp3) is 0.591. The van der Waals surface area contributed by atoms with E-state index in [9.17, 15) is 8.42 Å². The molecule has 0 radical (unpaired) electrons. The zero-order valence-corrected chi connectivity index (χ0v) is 18.9. The Labute approximate surface area is 179 Å². The molecule has 1 aromatic carbocycles. The zero-order valence-electron chi connectivity index (χ0n) is 18.0. The molecular weight excluding hydrogens is 400 g/mol. The Morgan fingerprint density at radius 1 is 1.30 bits per heavy atom. The van der Waals surface area contributed by atoms with Crippen molar-refractivity contribution >= 4 is 10.0 Å². The second kappa shape index (κ2) is 8.69. The van der Waals surface area contributed by atoms with Gasteiger partial charge in [-0.1, -0.05) is 19.1 Å². The van der Waals surface area contributed by atoms with Crippen LogP contribution in [0.15, 0.2) is 30.3 Å². The number of rotatable bonds is 8. The Kier molecular flexibility index (Phi) is 6.18. The lowest BCUT2D eigenvalue weighted by Crippen LogP contribution is -2.56. The van der Waals surface area contributed by atoms with Crippen LogP contribution >= 0.6 is 0 Å². The van der Waals surface area contributed by atoms with Gasteiger partial charge < -0.3 is 4.74 Å². The molecule has 3 aliphatic heterocycles. The van der Waals surface area contributed by atoms with Crippen molar-refractivity contribution in [1.29, 1.82) is 0 Å².